The van der Waals surface area contributed by atoms with Gasteiger partial charge in [-0.3, -0.25) is 4.98 Å². The first-order chi connectivity index (χ1) is 26.7. The molecule has 11 rings (SSSR count). The summed E-state index contributed by atoms with van der Waals surface area (Å²) in [6.45, 7) is 0. The van der Waals surface area contributed by atoms with E-state index in [4.69, 9.17) is 4.42 Å². The SMILES string of the molecule is c1ccc2c(c1)ccc1ccc(-c3ccc(N(c4ccc(-c5ccc6ccc7ccccc7c6c5)cc4)c4cccc5c4oc4cnccc45)cc3)cc12. The van der Waals surface area contributed by atoms with Crippen LogP contribution in [0.1, 0.15) is 0 Å². The van der Waals surface area contributed by atoms with Gasteiger partial charge in [-0.2, -0.15) is 0 Å². The first-order valence-electron chi connectivity index (χ1n) is 18.3. The van der Waals surface area contributed by atoms with Gasteiger partial charge in [-0.1, -0.05) is 133 Å². The minimum Gasteiger partial charge on any atom is -0.452 e. The molecule has 2 aromatic heterocycles. The molecule has 0 N–H and O–H groups in total. The van der Waals surface area contributed by atoms with Gasteiger partial charge < -0.3 is 9.32 Å². The molecule has 2 heterocycles. The number of hydrogen-bond acceptors (Lipinski definition) is 3. The number of rotatable bonds is 5. The summed E-state index contributed by atoms with van der Waals surface area (Å²) in [5.74, 6) is 0. The zero-order chi connectivity index (χ0) is 35.6. The van der Waals surface area contributed by atoms with Crippen LogP contribution in [-0.4, -0.2) is 4.98 Å². The molecule has 0 aliphatic heterocycles. The highest BCUT2D eigenvalue weighted by atomic mass is 16.3. The maximum Gasteiger partial charge on any atom is 0.159 e. The van der Waals surface area contributed by atoms with Crippen molar-refractivity contribution in [1.82, 2.24) is 4.98 Å². The van der Waals surface area contributed by atoms with E-state index in [0.717, 1.165) is 39.0 Å². The van der Waals surface area contributed by atoms with E-state index in [0.29, 0.717) is 0 Å². The standard InChI is InChI=1S/C51H32N2O/c1-3-8-43-35(6-1)12-14-37-16-18-39(30-47(37)43)33-20-24-41(25-21-33)53(49-11-5-10-46-45-28-29-52-32-50(45)54-51(46)49)42-26-22-34(23-27-42)40-19-17-38-15-13-36-7-2-4-9-44(36)48(38)31-40/h1-32H. The van der Waals surface area contributed by atoms with E-state index >= 15 is 0 Å². The minimum atomic E-state index is 0.776. The van der Waals surface area contributed by atoms with Crippen LogP contribution in [0.5, 0.6) is 0 Å². The quantitative estimate of drug-likeness (QED) is 0.169. The van der Waals surface area contributed by atoms with Crippen molar-refractivity contribution < 1.29 is 4.42 Å². The van der Waals surface area contributed by atoms with Crippen LogP contribution in [0, 0.1) is 0 Å². The van der Waals surface area contributed by atoms with E-state index in [2.05, 4.69) is 186 Å². The highest BCUT2D eigenvalue weighted by molar-refractivity contribution is 6.11. The summed E-state index contributed by atoms with van der Waals surface area (Å²) in [6.07, 6.45) is 3.62. The predicted molar refractivity (Wildman–Crippen MR) is 227 cm³/mol. The van der Waals surface area contributed by atoms with Crippen LogP contribution in [0.4, 0.5) is 17.1 Å². The van der Waals surface area contributed by atoms with Crippen LogP contribution in [0.3, 0.4) is 0 Å². The van der Waals surface area contributed by atoms with Crippen LogP contribution < -0.4 is 4.90 Å². The molecule has 0 spiro atoms. The fourth-order valence-electron chi connectivity index (χ4n) is 8.21. The molecule has 54 heavy (non-hydrogen) atoms. The van der Waals surface area contributed by atoms with Crippen LogP contribution in [-0.2, 0) is 0 Å². The van der Waals surface area contributed by atoms with Crippen molar-refractivity contribution in [2.75, 3.05) is 4.90 Å². The lowest BCUT2D eigenvalue weighted by Gasteiger charge is -2.26. The molecule has 9 aromatic carbocycles. The number of nitrogens with zero attached hydrogens (tertiary/aromatic N) is 2. The van der Waals surface area contributed by atoms with Crippen molar-refractivity contribution in [3.63, 3.8) is 0 Å². The first-order valence-corrected chi connectivity index (χ1v) is 18.3. The smallest absolute Gasteiger partial charge is 0.159 e. The van der Waals surface area contributed by atoms with Gasteiger partial charge in [-0.05, 0) is 114 Å². The third kappa shape index (κ3) is 4.94. The van der Waals surface area contributed by atoms with E-state index in [9.17, 15) is 0 Å². The Morgan fingerprint density at radius 3 is 1.43 bits per heavy atom. The molecule has 0 fully saturated rings. The van der Waals surface area contributed by atoms with E-state index < -0.39 is 0 Å². The largest absolute Gasteiger partial charge is 0.452 e. The summed E-state index contributed by atoms with van der Waals surface area (Å²) in [5, 5.41) is 12.2. The Bertz CT molecular complexity index is 3050. The van der Waals surface area contributed by atoms with E-state index in [1.807, 2.05) is 12.3 Å². The number of anilines is 3. The van der Waals surface area contributed by atoms with Crippen molar-refractivity contribution in [1.29, 1.82) is 0 Å². The summed E-state index contributed by atoms with van der Waals surface area (Å²) in [7, 11) is 0. The van der Waals surface area contributed by atoms with Crippen molar-refractivity contribution in [2.24, 2.45) is 0 Å². The van der Waals surface area contributed by atoms with E-state index in [1.54, 1.807) is 6.20 Å². The van der Waals surface area contributed by atoms with Gasteiger partial charge in [0.25, 0.3) is 0 Å². The lowest BCUT2D eigenvalue weighted by atomic mass is 9.96. The van der Waals surface area contributed by atoms with Gasteiger partial charge in [0, 0.05) is 28.3 Å². The van der Waals surface area contributed by atoms with E-state index in [1.165, 1.54) is 65.3 Å². The van der Waals surface area contributed by atoms with Gasteiger partial charge in [0.1, 0.15) is 0 Å². The second-order valence-electron chi connectivity index (χ2n) is 14.0. The second kappa shape index (κ2) is 12.2. The molecule has 0 saturated heterocycles. The topological polar surface area (TPSA) is 29.3 Å². The second-order valence-corrected chi connectivity index (χ2v) is 14.0. The van der Waals surface area contributed by atoms with Gasteiger partial charge in [0.2, 0.25) is 0 Å². The fraction of sp³-hybridized carbons (Fsp3) is 0. The molecule has 11 aromatic rings. The molecule has 0 aliphatic carbocycles. The lowest BCUT2D eigenvalue weighted by molar-refractivity contribution is 0.667. The molecule has 0 amide bonds. The minimum absolute atomic E-state index is 0.776. The Kier molecular flexibility index (Phi) is 6.86. The van der Waals surface area contributed by atoms with E-state index in [-0.39, 0.29) is 0 Å². The number of hydrogen-bond donors (Lipinski definition) is 0. The Balaban J connectivity index is 1.03. The molecule has 3 nitrogen and oxygen atoms in total. The van der Waals surface area contributed by atoms with Crippen LogP contribution in [0.15, 0.2) is 199 Å². The molecule has 0 unspecified atom stereocenters. The number of fused-ring (bicyclic) bond motifs is 9. The van der Waals surface area contributed by atoms with Gasteiger partial charge in [0.05, 0.1) is 11.9 Å². The summed E-state index contributed by atoms with van der Waals surface area (Å²) in [6, 6.07) is 65.8. The summed E-state index contributed by atoms with van der Waals surface area (Å²) in [4.78, 5) is 6.64. The maximum absolute atomic E-state index is 6.54. The molecule has 252 valence electrons. The number of aromatic nitrogens is 1. The third-order valence-corrected chi connectivity index (χ3v) is 10.9. The molecule has 0 aliphatic rings. The first kappa shape index (κ1) is 30.4. The normalized spacial score (nSPS) is 11.7. The molecular formula is C51H32N2O. The summed E-state index contributed by atoms with van der Waals surface area (Å²) < 4.78 is 6.54. The summed E-state index contributed by atoms with van der Waals surface area (Å²) >= 11 is 0. The predicted octanol–water partition coefficient (Wildman–Crippen LogP) is 14.4. The number of furan rings is 1. The average Bonchev–Trinajstić information content (AvgIpc) is 3.63. The molecule has 0 bridgehead atoms. The highest BCUT2D eigenvalue weighted by Crippen LogP contribution is 2.43. The van der Waals surface area contributed by atoms with Crippen molar-refractivity contribution in [2.45, 2.75) is 0 Å². The monoisotopic (exact) mass is 688 g/mol. The van der Waals surface area contributed by atoms with Crippen LogP contribution in [0.2, 0.25) is 0 Å². The third-order valence-electron chi connectivity index (χ3n) is 10.9. The van der Waals surface area contributed by atoms with Gasteiger partial charge in [0.15, 0.2) is 11.2 Å². The van der Waals surface area contributed by atoms with Gasteiger partial charge in [-0.25, -0.2) is 0 Å². The van der Waals surface area contributed by atoms with Crippen LogP contribution >= 0.6 is 0 Å². The Hall–Kier alpha value is -7.23. The maximum atomic E-state index is 6.54. The Morgan fingerprint density at radius 1 is 0.370 bits per heavy atom. The molecule has 0 saturated carbocycles. The lowest BCUT2D eigenvalue weighted by Crippen LogP contribution is -2.10. The Labute approximate surface area is 312 Å². The zero-order valence-corrected chi connectivity index (χ0v) is 29.3. The van der Waals surface area contributed by atoms with Gasteiger partial charge >= 0.3 is 0 Å². The van der Waals surface area contributed by atoms with Crippen LogP contribution in [0.25, 0.3) is 87.3 Å². The van der Waals surface area contributed by atoms with Crippen molar-refractivity contribution in [3.8, 4) is 22.3 Å². The molecule has 3 heteroatoms. The van der Waals surface area contributed by atoms with Crippen molar-refractivity contribution in [3.05, 3.63) is 194 Å². The zero-order valence-electron chi connectivity index (χ0n) is 29.3. The van der Waals surface area contributed by atoms with Crippen molar-refractivity contribution >= 4 is 82.1 Å². The number of pyridine rings is 1. The van der Waals surface area contributed by atoms with Gasteiger partial charge in [-0.15, -0.1) is 0 Å². The number of benzene rings is 9. The highest BCUT2D eigenvalue weighted by Gasteiger charge is 2.20. The molecule has 0 atom stereocenters. The number of para-hydroxylation sites is 1. The molecule has 0 radical (unpaired) electrons. The summed E-state index contributed by atoms with van der Waals surface area (Å²) in [5.41, 5.74) is 9.38. The Morgan fingerprint density at radius 2 is 0.852 bits per heavy atom. The molecular weight excluding hydrogens is 657 g/mol. The fourth-order valence-corrected chi connectivity index (χ4v) is 8.21. The average molecular weight is 689 g/mol.